The van der Waals surface area contributed by atoms with Gasteiger partial charge in [-0.25, -0.2) is 4.39 Å². The van der Waals surface area contributed by atoms with Gasteiger partial charge in [-0.1, -0.05) is 29.5 Å². The van der Waals surface area contributed by atoms with E-state index in [4.69, 9.17) is 16.3 Å². The summed E-state index contributed by atoms with van der Waals surface area (Å²) in [5, 5.41) is 8.11. The van der Waals surface area contributed by atoms with Crippen molar-refractivity contribution >= 4 is 22.9 Å². The zero-order valence-corrected chi connectivity index (χ0v) is 9.76. The maximum Gasteiger partial charge on any atom is 0.207 e. The Morgan fingerprint density at radius 3 is 2.75 bits per heavy atom. The van der Waals surface area contributed by atoms with Gasteiger partial charge in [0, 0.05) is 5.56 Å². The van der Waals surface area contributed by atoms with E-state index in [1.165, 1.54) is 17.4 Å². The summed E-state index contributed by atoms with van der Waals surface area (Å²) in [7, 11) is 0. The first-order valence-corrected chi connectivity index (χ1v) is 5.74. The molecule has 2 rings (SSSR count). The standard InChI is InChI=1S/C10H8ClFN2OS/c11-10-14-13-9(16-10)6-15-5-7-3-1-2-4-8(7)12/h1-4H,5-6H2. The number of hydrogen-bond acceptors (Lipinski definition) is 4. The molecule has 1 aromatic heterocycles. The second-order valence-corrected chi connectivity index (χ2v) is 4.68. The Hall–Kier alpha value is -1.04. The van der Waals surface area contributed by atoms with Crippen molar-refractivity contribution in [2.75, 3.05) is 0 Å². The van der Waals surface area contributed by atoms with E-state index in [1.54, 1.807) is 18.2 Å². The lowest BCUT2D eigenvalue weighted by molar-refractivity contribution is 0.104. The molecule has 3 nitrogen and oxygen atoms in total. The van der Waals surface area contributed by atoms with E-state index >= 15 is 0 Å². The normalized spacial score (nSPS) is 10.6. The Balaban J connectivity index is 1.87. The molecule has 0 amide bonds. The molecule has 0 aliphatic carbocycles. The first kappa shape index (κ1) is 11.4. The Labute approximate surface area is 101 Å². The van der Waals surface area contributed by atoms with E-state index in [-0.39, 0.29) is 12.4 Å². The minimum absolute atomic E-state index is 0.212. The highest BCUT2D eigenvalue weighted by Crippen LogP contribution is 2.16. The van der Waals surface area contributed by atoms with Crippen LogP contribution >= 0.6 is 22.9 Å². The average Bonchev–Trinajstić information content (AvgIpc) is 2.67. The highest BCUT2D eigenvalue weighted by atomic mass is 35.5. The Kier molecular flexibility index (Phi) is 3.82. The van der Waals surface area contributed by atoms with Crippen molar-refractivity contribution in [3.8, 4) is 0 Å². The molecule has 2 aromatic rings. The molecule has 0 radical (unpaired) electrons. The molecular formula is C10H8ClFN2OS. The molecular weight excluding hydrogens is 251 g/mol. The minimum atomic E-state index is -0.266. The zero-order valence-electron chi connectivity index (χ0n) is 8.19. The van der Waals surface area contributed by atoms with E-state index in [0.29, 0.717) is 21.6 Å². The van der Waals surface area contributed by atoms with Gasteiger partial charge >= 0.3 is 0 Å². The highest BCUT2D eigenvalue weighted by Gasteiger charge is 2.04. The summed E-state index contributed by atoms with van der Waals surface area (Å²) >= 11 is 6.86. The fraction of sp³-hybridized carbons (Fsp3) is 0.200. The predicted molar refractivity (Wildman–Crippen MR) is 59.8 cm³/mol. The Bertz CT molecular complexity index is 477. The van der Waals surface area contributed by atoms with Crippen LogP contribution in [-0.4, -0.2) is 10.2 Å². The van der Waals surface area contributed by atoms with Crippen molar-refractivity contribution in [1.82, 2.24) is 10.2 Å². The zero-order chi connectivity index (χ0) is 11.4. The summed E-state index contributed by atoms with van der Waals surface area (Å²) < 4.78 is 18.9. The van der Waals surface area contributed by atoms with Crippen LogP contribution in [0.25, 0.3) is 0 Å². The largest absolute Gasteiger partial charge is 0.369 e. The number of hydrogen-bond donors (Lipinski definition) is 0. The van der Waals surface area contributed by atoms with Crippen LogP contribution in [0, 0.1) is 5.82 Å². The molecule has 0 bridgehead atoms. The monoisotopic (exact) mass is 258 g/mol. The third-order valence-corrected chi connectivity index (χ3v) is 2.88. The molecule has 1 heterocycles. The van der Waals surface area contributed by atoms with Gasteiger partial charge in [0.2, 0.25) is 4.47 Å². The van der Waals surface area contributed by atoms with Gasteiger partial charge in [-0.05, 0) is 17.7 Å². The first-order valence-electron chi connectivity index (χ1n) is 4.55. The molecule has 0 aliphatic heterocycles. The molecule has 0 saturated heterocycles. The molecule has 16 heavy (non-hydrogen) atoms. The number of benzene rings is 1. The van der Waals surface area contributed by atoms with Crippen LogP contribution in [0.4, 0.5) is 4.39 Å². The highest BCUT2D eigenvalue weighted by molar-refractivity contribution is 7.15. The third-order valence-electron chi connectivity index (χ3n) is 1.88. The van der Waals surface area contributed by atoms with Crippen LogP contribution in [-0.2, 0) is 18.0 Å². The van der Waals surface area contributed by atoms with Crippen LogP contribution in [0.2, 0.25) is 4.47 Å². The SMILES string of the molecule is Fc1ccccc1COCc1nnc(Cl)s1. The van der Waals surface area contributed by atoms with Crippen LogP contribution in [0.5, 0.6) is 0 Å². The smallest absolute Gasteiger partial charge is 0.207 e. The molecule has 0 aliphatic rings. The van der Waals surface area contributed by atoms with Crippen LogP contribution < -0.4 is 0 Å². The molecule has 0 fully saturated rings. The summed E-state index contributed by atoms with van der Waals surface area (Å²) in [6.07, 6.45) is 0. The lowest BCUT2D eigenvalue weighted by atomic mass is 10.2. The quantitative estimate of drug-likeness (QED) is 0.845. The van der Waals surface area contributed by atoms with Crippen molar-refractivity contribution in [3.05, 3.63) is 45.1 Å². The van der Waals surface area contributed by atoms with Gasteiger partial charge in [-0.15, -0.1) is 10.2 Å². The number of nitrogens with zero attached hydrogens (tertiary/aromatic N) is 2. The van der Waals surface area contributed by atoms with Gasteiger partial charge in [0.15, 0.2) is 0 Å². The molecule has 0 unspecified atom stereocenters. The van der Waals surface area contributed by atoms with Crippen LogP contribution in [0.15, 0.2) is 24.3 Å². The summed E-state index contributed by atoms with van der Waals surface area (Å²) in [5.74, 6) is -0.266. The molecule has 0 N–H and O–H groups in total. The molecule has 6 heteroatoms. The van der Waals surface area contributed by atoms with Crippen LogP contribution in [0.1, 0.15) is 10.6 Å². The van der Waals surface area contributed by atoms with Gasteiger partial charge < -0.3 is 4.74 Å². The molecule has 84 valence electrons. The third kappa shape index (κ3) is 2.98. The van der Waals surface area contributed by atoms with E-state index < -0.39 is 0 Å². The Morgan fingerprint density at radius 1 is 1.25 bits per heavy atom. The van der Waals surface area contributed by atoms with Crippen molar-refractivity contribution in [1.29, 1.82) is 0 Å². The summed E-state index contributed by atoms with van der Waals surface area (Å²) in [6.45, 7) is 0.503. The molecule has 0 spiro atoms. The van der Waals surface area contributed by atoms with Gasteiger partial charge in [0.25, 0.3) is 0 Å². The summed E-state index contributed by atoms with van der Waals surface area (Å²) in [4.78, 5) is 0. The van der Waals surface area contributed by atoms with Crippen molar-refractivity contribution in [2.24, 2.45) is 0 Å². The van der Waals surface area contributed by atoms with E-state index in [9.17, 15) is 4.39 Å². The lowest BCUT2D eigenvalue weighted by Crippen LogP contribution is -1.96. The van der Waals surface area contributed by atoms with Crippen LogP contribution in [0.3, 0.4) is 0 Å². The minimum Gasteiger partial charge on any atom is -0.369 e. The summed E-state index contributed by atoms with van der Waals surface area (Å²) in [5.41, 5.74) is 0.526. The van der Waals surface area contributed by atoms with Crippen molar-refractivity contribution in [3.63, 3.8) is 0 Å². The number of rotatable bonds is 4. The maximum atomic E-state index is 13.2. The van der Waals surface area contributed by atoms with E-state index in [1.807, 2.05) is 0 Å². The number of halogens is 2. The van der Waals surface area contributed by atoms with E-state index in [2.05, 4.69) is 10.2 Å². The average molecular weight is 259 g/mol. The number of ether oxygens (including phenoxy) is 1. The van der Waals surface area contributed by atoms with Gasteiger partial charge in [-0.2, -0.15) is 0 Å². The molecule has 0 atom stereocenters. The molecule has 0 saturated carbocycles. The van der Waals surface area contributed by atoms with Gasteiger partial charge in [0.1, 0.15) is 17.4 Å². The lowest BCUT2D eigenvalue weighted by Gasteiger charge is -2.02. The van der Waals surface area contributed by atoms with Crippen molar-refractivity contribution < 1.29 is 9.13 Å². The molecule has 1 aromatic carbocycles. The second-order valence-electron chi connectivity index (χ2n) is 3.03. The fourth-order valence-electron chi connectivity index (χ4n) is 1.16. The second kappa shape index (κ2) is 5.34. The predicted octanol–water partition coefficient (Wildman–Crippen LogP) is 3.05. The van der Waals surface area contributed by atoms with Gasteiger partial charge in [0.05, 0.1) is 6.61 Å². The summed E-state index contributed by atoms with van der Waals surface area (Å²) in [6, 6.07) is 6.50. The van der Waals surface area contributed by atoms with Crippen molar-refractivity contribution in [2.45, 2.75) is 13.2 Å². The first-order chi connectivity index (χ1) is 7.75. The van der Waals surface area contributed by atoms with E-state index in [0.717, 1.165) is 0 Å². The Morgan fingerprint density at radius 2 is 2.06 bits per heavy atom. The fourth-order valence-corrected chi connectivity index (χ4v) is 1.96. The number of aromatic nitrogens is 2. The topological polar surface area (TPSA) is 35.0 Å². The van der Waals surface area contributed by atoms with Gasteiger partial charge in [-0.3, -0.25) is 0 Å². The maximum absolute atomic E-state index is 13.2.